The van der Waals surface area contributed by atoms with Crippen molar-refractivity contribution in [2.24, 2.45) is 23.2 Å². The van der Waals surface area contributed by atoms with Crippen LogP contribution in [0.2, 0.25) is 0 Å². The molecule has 258 valence electrons. The molecule has 2 aromatic carbocycles. The topological polar surface area (TPSA) is 144 Å². The van der Waals surface area contributed by atoms with Crippen LogP contribution in [0.1, 0.15) is 93.5 Å². The molecular weight excluding hydrogens is 611 g/mol. The summed E-state index contributed by atoms with van der Waals surface area (Å²) < 4.78 is 13.3. The zero-order chi connectivity index (χ0) is 34.6. The van der Waals surface area contributed by atoms with Crippen LogP contribution in [-0.4, -0.2) is 61.2 Å². The molecule has 4 N–H and O–H groups in total. The molecule has 1 unspecified atom stereocenters. The van der Waals surface area contributed by atoms with Crippen molar-refractivity contribution in [1.82, 2.24) is 21.4 Å². The molecule has 2 bridgehead atoms. The maximum absolute atomic E-state index is 14.0. The number of hydrogen-bond donors (Lipinski definition) is 4. The Morgan fingerprint density at radius 1 is 0.938 bits per heavy atom. The first-order valence-corrected chi connectivity index (χ1v) is 17.1. The second-order valence-corrected chi connectivity index (χ2v) is 14.6. The standard InChI is InChI=1S/C36H49BN4O7/c1-7-38-34(45)47-41-32(43)25-16-14-24(15-17-25)31(42)39-27(18-13-23-11-9-8-10-12-23)33(44)40-30(19-22(2)3)37-46-29-21-26-20-28(35(26,4)5)36(29,6)48-37/h8-12,14-17,22,26-30H,7,13,18-21H2,1-6H3,(H,38,45)(H,39,42)(H,40,44)(H,41,43)/t26-,27+,28-,29?,30+,36-/m1/s1. The number of benzene rings is 2. The van der Waals surface area contributed by atoms with Crippen molar-refractivity contribution in [2.75, 3.05) is 6.54 Å². The molecule has 2 aromatic rings. The number of hydrogen-bond acceptors (Lipinski definition) is 7. The molecule has 3 saturated carbocycles. The van der Waals surface area contributed by atoms with Crippen LogP contribution in [0.25, 0.3) is 0 Å². The normalized spacial score (nSPS) is 24.8. The van der Waals surface area contributed by atoms with Crippen LogP contribution in [-0.2, 0) is 25.4 Å². The Hall–Kier alpha value is -3.90. The van der Waals surface area contributed by atoms with E-state index < -0.39 is 42.6 Å². The third-order valence-corrected chi connectivity index (χ3v) is 10.5. The number of rotatable bonds is 12. The molecule has 12 heteroatoms. The summed E-state index contributed by atoms with van der Waals surface area (Å²) >= 11 is 0. The number of nitrogens with one attached hydrogen (secondary N) is 4. The largest absolute Gasteiger partial charge is 0.481 e. The average Bonchev–Trinajstić information content (AvgIpc) is 3.43. The summed E-state index contributed by atoms with van der Waals surface area (Å²) in [7, 11) is -0.581. The van der Waals surface area contributed by atoms with Crippen LogP contribution in [0.3, 0.4) is 0 Å². The highest BCUT2D eigenvalue weighted by Gasteiger charge is 2.68. The molecule has 4 fully saturated rings. The van der Waals surface area contributed by atoms with Gasteiger partial charge in [-0.2, -0.15) is 5.48 Å². The lowest BCUT2D eigenvalue weighted by Gasteiger charge is -2.64. The lowest BCUT2D eigenvalue weighted by Crippen LogP contribution is -2.65. The van der Waals surface area contributed by atoms with Crippen LogP contribution < -0.4 is 21.4 Å². The second kappa shape index (κ2) is 14.7. The van der Waals surface area contributed by atoms with E-state index in [1.54, 1.807) is 6.92 Å². The van der Waals surface area contributed by atoms with Gasteiger partial charge in [-0.05, 0) is 98.9 Å². The molecule has 0 radical (unpaired) electrons. The zero-order valence-corrected chi connectivity index (χ0v) is 28.8. The minimum Gasteiger partial charge on any atom is -0.404 e. The lowest BCUT2D eigenvalue weighted by molar-refractivity contribution is -0.199. The van der Waals surface area contributed by atoms with Gasteiger partial charge in [0.25, 0.3) is 11.8 Å². The predicted octanol–water partition coefficient (Wildman–Crippen LogP) is 4.61. The molecule has 6 rings (SSSR count). The maximum Gasteiger partial charge on any atom is 0.481 e. The molecule has 3 aliphatic carbocycles. The summed E-state index contributed by atoms with van der Waals surface area (Å²) in [6.45, 7) is 13.1. The Morgan fingerprint density at radius 2 is 1.60 bits per heavy atom. The van der Waals surface area contributed by atoms with Crippen LogP contribution in [0.15, 0.2) is 54.6 Å². The molecule has 11 nitrogen and oxygen atoms in total. The smallest absolute Gasteiger partial charge is 0.404 e. The van der Waals surface area contributed by atoms with Gasteiger partial charge in [0.05, 0.1) is 17.6 Å². The average molecular weight is 661 g/mol. The van der Waals surface area contributed by atoms with Crippen molar-refractivity contribution in [3.05, 3.63) is 71.3 Å². The molecule has 48 heavy (non-hydrogen) atoms. The quantitative estimate of drug-likeness (QED) is 0.192. The molecule has 4 aliphatic rings. The van der Waals surface area contributed by atoms with Crippen molar-refractivity contribution < 1.29 is 33.3 Å². The van der Waals surface area contributed by atoms with Crippen molar-refractivity contribution in [3.63, 3.8) is 0 Å². The third kappa shape index (κ3) is 7.70. The van der Waals surface area contributed by atoms with Gasteiger partial charge in [-0.15, -0.1) is 0 Å². The van der Waals surface area contributed by atoms with Crippen LogP contribution in [0.4, 0.5) is 4.79 Å². The molecule has 1 saturated heterocycles. The maximum atomic E-state index is 14.0. The van der Waals surface area contributed by atoms with Gasteiger partial charge in [0.2, 0.25) is 5.91 Å². The van der Waals surface area contributed by atoms with Crippen molar-refractivity contribution in [2.45, 2.75) is 97.3 Å². The first-order valence-electron chi connectivity index (χ1n) is 17.1. The molecular formula is C36H49BN4O7. The molecule has 4 amide bonds. The number of amides is 4. The fourth-order valence-electron chi connectivity index (χ4n) is 7.67. The monoisotopic (exact) mass is 660 g/mol. The molecule has 0 aromatic heterocycles. The Bertz CT molecular complexity index is 1470. The summed E-state index contributed by atoms with van der Waals surface area (Å²) in [5.41, 5.74) is 3.38. The van der Waals surface area contributed by atoms with E-state index in [1.165, 1.54) is 24.3 Å². The first-order chi connectivity index (χ1) is 22.8. The second-order valence-electron chi connectivity index (χ2n) is 14.6. The minimum atomic E-state index is -0.841. The summed E-state index contributed by atoms with van der Waals surface area (Å²) in [5, 5.41) is 8.54. The number of carbonyl (C=O) groups excluding carboxylic acids is 4. The number of aryl methyl sites for hydroxylation is 1. The van der Waals surface area contributed by atoms with Gasteiger partial charge in [-0.1, -0.05) is 58.0 Å². The van der Waals surface area contributed by atoms with Crippen molar-refractivity contribution in [3.8, 4) is 0 Å². The minimum absolute atomic E-state index is 0.00969. The summed E-state index contributed by atoms with van der Waals surface area (Å²) in [6.07, 6.45) is 2.91. The van der Waals surface area contributed by atoms with E-state index in [4.69, 9.17) is 9.31 Å². The van der Waals surface area contributed by atoms with E-state index >= 15 is 0 Å². The van der Waals surface area contributed by atoms with E-state index in [1.807, 2.05) is 30.3 Å². The lowest BCUT2D eigenvalue weighted by atomic mass is 9.43. The van der Waals surface area contributed by atoms with Crippen LogP contribution in [0.5, 0.6) is 0 Å². The number of carbonyl (C=O) groups is 4. The van der Waals surface area contributed by atoms with E-state index in [0.717, 1.165) is 18.4 Å². The van der Waals surface area contributed by atoms with Gasteiger partial charge < -0.3 is 30.1 Å². The van der Waals surface area contributed by atoms with Gasteiger partial charge >= 0.3 is 13.2 Å². The van der Waals surface area contributed by atoms with Crippen LogP contribution in [0, 0.1) is 23.2 Å². The Balaban J connectivity index is 1.28. The van der Waals surface area contributed by atoms with Gasteiger partial charge in [0.15, 0.2) is 0 Å². The van der Waals surface area contributed by atoms with E-state index in [9.17, 15) is 19.2 Å². The Kier molecular flexibility index (Phi) is 10.8. The first kappa shape index (κ1) is 35.4. The molecule has 0 spiro atoms. The highest BCUT2D eigenvalue weighted by Crippen LogP contribution is 2.65. The van der Waals surface area contributed by atoms with Crippen LogP contribution >= 0.6 is 0 Å². The molecule has 6 atom stereocenters. The number of hydroxylamine groups is 1. The molecule has 1 aliphatic heterocycles. The van der Waals surface area contributed by atoms with Gasteiger partial charge in [0.1, 0.15) is 6.04 Å². The van der Waals surface area contributed by atoms with Crippen molar-refractivity contribution in [1.29, 1.82) is 0 Å². The highest BCUT2D eigenvalue weighted by atomic mass is 16.7. The SMILES string of the molecule is CCNC(=O)ONC(=O)c1ccc(C(=O)N[C@@H](CCc2ccccc2)C(=O)N[C@@H](CC(C)C)B2OC3C[C@H]4C[C@H](C4(C)C)[C@@]3(C)O2)cc1. The van der Waals surface area contributed by atoms with E-state index in [2.05, 4.69) is 60.9 Å². The fourth-order valence-corrected chi connectivity index (χ4v) is 7.67. The van der Waals surface area contributed by atoms with Crippen molar-refractivity contribution >= 4 is 30.9 Å². The predicted molar refractivity (Wildman–Crippen MR) is 182 cm³/mol. The van der Waals surface area contributed by atoms with Gasteiger partial charge in [-0.3, -0.25) is 14.4 Å². The summed E-state index contributed by atoms with van der Waals surface area (Å²) in [5.74, 6) is -0.516. The van der Waals surface area contributed by atoms with Gasteiger partial charge in [0, 0.05) is 17.7 Å². The Morgan fingerprint density at radius 3 is 2.23 bits per heavy atom. The fraction of sp³-hybridized carbons (Fsp3) is 0.556. The highest BCUT2D eigenvalue weighted by molar-refractivity contribution is 6.48. The zero-order valence-electron chi connectivity index (χ0n) is 28.8. The summed E-state index contributed by atoms with van der Waals surface area (Å²) in [4.78, 5) is 56.0. The summed E-state index contributed by atoms with van der Waals surface area (Å²) in [6, 6.07) is 14.8. The van der Waals surface area contributed by atoms with Gasteiger partial charge in [-0.25, -0.2) is 4.79 Å². The molecule has 1 heterocycles. The Labute approximate surface area is 283 Å². The third-order valence-electron chi connectivity index (χ3n) is 10.5. The van der Waals surface area contributed by atoms with E-state index in [0.29, 0.717) is 37.6 Å². The van der Waals surface area contributed by atoms with E-state index in [-0.39, 0.29) is 34.5 Å².